The van der Waals surface area contributed by atoms with E-state index in [1.165, 1.54) is 0 Å². The fourth-order valence-electron chi connectivity index (χ4n) is 2.57. The average molecular weight is 196 g/mol. The maximum absolute atomic E-state index is 11.9. The maximum Gasteiger partial charge on any atom is 0.220 e. The molecule has 0 aromatic carbocycles. The third-order valence-electron chi connectivity index (χ3n) is 3.64. The van der Waals surface area contributed by atoms with Gasteiger partial charge in [-0.25, -0.2) is 0 Å². The first-order valence-corrected chi connectivity index (χ1v) is 5.17. The van der Waals surface area contributed by atoms with Gasteiger partial charge in [-0.15, -0.1) is 0 Å². The highest BCUT2D eigenvalue weighted by molar-refractivity contribution is 5.91. The van der Waals surface area contributed by atoms with Gasteiger partial charge in [0.1, 0.15) is 5.78 Å². The van der Waals surface area contributed by atoms with Gasteiger partial charge >= 0.3 is 0 Å². The first kappa shape index (κ1) is 9.65. The van der Waals surface area contributed by atoms with Crippen molar-refractivity contribution in [3.05, 3.63) is 0 Å². The molecule has 1 aliphatic heterocycles. The quantitative estimate of drug-likeness (QED) is 0.611. The van der Waals surface area contributed by atoms with E-state index in [0.29, 0.717) is 6.42 Å². The van der Waals surface area contributed by atoms with Gasteiger partial charge in [0.25, 0.3) is 0 Å². The molecule has 3 N–H and O–H groups in total. The van der Waals surface area contributed by atoms with Crippen LogP contribution >= 0.6 is 0 Å². The molecule has 14 heavy (non-hydrogen) atoms. The van der Waals surface area contributed by atoms with Crippen LogP contribution in [0.5, 0.6) is 0 Å². The summed E-state index contributed by atoms with van der Waals surface area (Å²) in [5, 5.41) is 3.22. The van der Waals surface area contributed by atoms with Crippen molar-refractivity contribution < 1.29 is 9.59 Å². The molecule has 1 saturated carbocycles. The Morgan fingerprint density at radius 3 is 2.79 bits per heavy atom. The standard InChI is InChI=1S/C10H16N2O2/c11-9(14)7-1-2-10(8(13)5-7)3-4-12-6-10/h7,12H,1-6H2,(H2,11,14). The molecule has 2 unspecified atom stereocenters. The van der Waals surface area contributed by atoms with Gasteiger partial charge in [0, 0.05) is 24.3 Å². The summed E-state index contributed by atoms with van der Waals surface area (Å²) in [5.74, 6) is -0.301. The van der Waals surface area contributed by atoms with Gasteiger partial charge in [0.05, 0.1) is 0 Å². The number of Topliss-reactive ketones (excluding diaryl/α,β-unsaturated/α-hetero) is 1. The van der Waals surface area contributed by atoms with Crippen molar-refractivity contribution in [2.24, 2.45) is 17.1 Å². The molecule has 0 radical (unpaired) electrons. The summed E-state index contributed by atoms with van der Waals surface area (Å²) >= 11 is 0. The van der Waals surface area contributed by atoms with Gasteiger partial charge in [-0.1, -0.05) is 0 Å². The Bertz CT molecular complexity index is 269. The number of nitrogens with one attached hydrogen (secondary N) is 1. The van der Waals surface area contributed by atoms with Crippen LogP contribution in [0.3, 0.4) is 0 Å². The third-order valence-corrected chi connectivity index (χ3v) is 3.64. The topological polar surface area (TPSA) is 72.2 Å². The molecular formula is C10H16N2O2. The number of amides is 1. The SMILES string of the molecule is NC(=O)C1CCC2(CCNC2)C(=O)C1. The zero-order chi connectivity index (χ0) is 10.2. The van der Waals surface area contributed by atoms with Crippen LogP contribution in [-0.4, -0.2) is 24.8 Å². The first-order valence-electron chi connectivity index (χ1n) is 5.17. The molecule has 78 valence electrons. The molecule has 2 aliphatic rings. The number of ketones is 1. The van der Waals surface area contributed by atoms with Crippen LogP contribution in [0.25, 0.3) is 0 Å². The van der Waals surface area contributed by atoms with Crippen LogP contribution in [0, 0.1) is 11.3 Å². The average Bonchev–Trinajstić information content (AvgIpc) is 2.59. The number of hydrogen-bond donors (Lipinski definition) is 2. The number of carbonyl (C=O) groups is 2. The third kappa shape index (κ3) is 1.43. The van der Waals surface area contributed by atoms with Gasteiger partial charge in [-0.3, -0.25) is 9.59 Å². The Kier molecular flexibility index (Phi) is 2.31. The second-order valence-electron chi connectivity index (χ2n) is 4.47. The summed E-state index contributed by atoms with van der Waals surface area (Å²) in [6, 6.07) is 0. The summed E-state index contributed by atoms with van der Waals surface area (Å²) in [7, 11) is 0. The fourth-order valence-corrected chi connectivity index (χ4v) is 2.57. The van der Waals surface area contributed by atoms with E-state index >= 15 is 0 Å². The van der Waals surface area contributed by atoms with Gasteiger partial charge in [-0.05, 0) is 25.8 Å². The van der Waals surface area contributed by atoms with Crippen molar-refractivity contribution >= 4 is 11.7 Å². The van der Waals surface area contributed by atoms with Crippen LogP contribution in [-0.2, 0) is 9.59 Å². The van der Waals surface area contributed by atoms with E-state index in [1.54, 1.807) is 0 Å². The second-order valence-corrected chi connectivity index (χ2v) is 4.47. The van der Waals surface area contributed by atoms with Crippen LogP contribution in [0.2, 0.25) is 0 Å². The van der Waals surface area contributed by atoms with Gasteiger partial charge in [-0.2, -0.15) is 0 Å². The lowest BCUT2D eigenvalue weighted by Crippen LogP contribution is -2.42. The van der Waals surface area contributed by atoms with Crippen molar-refractivity contribution in [1.82, 2.24) is 5.32 Å². The Hall–Kier alpha value is -0.900. The lowest BCUT2D eigenvalue weighted by atomic mass is 9.69. The fraction of sp³-hybridized carbons (Fsp3) is 0.800. The molecule has 1 saturated heterocycles. The number of rotatable bonds is 1. The summed E-state index contributed by atoms with van der Waals surface area (Å²) in [5.41, 5.74) is 5.05. The molecule has 4 heteroatoms. The highest BCUT2D eigenvalue weighted by Crippen LogP contribution is 2.40. The van der Waals surface area contributed by atoms with Crippen LogP contribution in [0.15, 0.2) is 0 Å². The van der Waals surface area contributed by atoms with E-state index in [0.717, 1.165) is 32.4 Å². The van der Waals surface area contributed by atoms with Crippen molar-refractivity contribution in [3.8, 4) is 0 Å². The lowest BCUT2D eigenvalue weighted by Gasteiger charge is -2.33. The predicted octanol–water partition coefficient (Wildman–Crippen LogP) is -0.179. The molecule has 0 aromatic rings. The zero-order valence-corrected chi connectivity index (χ0v) is 8.21. The molecule has 0 aromatic heterocycles. The van der Waals surface area contributed by atoms with E-state index in [2.05, 4.69) is 5.32 Å². The highest BCUT2D eigenvalue weighted by Gasteiger charge is 2.45. The molecular weight excluding hydrogens is 180 g/mol. The van der Waals surface area contributed by atoms with E-state index < -0.39 is 0 Å². The lowest BCUT2D eigenvalue weighted by molar-refractivity contribution is -0.136. The van der Waals surface area contributed by atoms with E-state index in [-0.39, 0.29) is 23.0 Å². The molecule has 1 heterocycles. The van der Waals surface area contributed by atoms with Crippen molar-refractivity contribution in [1.29, 1.82) is 0 Å². The summed E-state index contributed by atoms with van der Waals surface area (Å²) in [6.45, 7) is 1.71. The molecule has 1 aliphatic carbocycles. The van der Waals surface area contributed by atoms with Crippen LogP contribution in [0.1, 0.15) is 25.7 Å². The normalized spacial score (nSPS) is 37.7. The molecule has 2 atom stereocenters. The molecule has 1 amide bonds. The van der Waals surface area contributed by atoms with Crippen LogP contribution < -0.4 is 11.1 Å². The number of hydrogen-bond acceptors (Lipinski definition) is 3. The monoisotopic (exact) mass is 196 g/mol. The minimum atomic E-state index is -0.320. The summed E-state index contributed by atoms with van der Waals surface area (Å²) in [4.78, 5) is 22.8. The Labute approximate surface area is 83.2 Å². The minimum absolute atomic E-state index is 0.161. The van der Waals surface area contributed by atoms with Gasteiger partial charge < -0.3 is 11.1 Å². The molecule has 2 rings (SSSR count). The Morgan fingerprint density at radius 1 is 1.50 bits per heavy atom. The summed E-state index contributed by atoms with van der Waals surface area (Å²) in [6.07, 6.45) is 2.89. The molecule has 1 spiro atoms. The number of primary amides is 1. The number of nitrogens with two attached hydrogens (primary N) is 1. The zero-order valence-electron chi connectivity index (χ0n) is 8.21. The van der Waals surface area contributed by atoms with Crippen LogP contribution in [0.4, 0.5) is 0 Å². The van der Waals surface area contributed by atoms with Gasteiger partial charge in [0.2, 0.25) is 5.91 Å². The largest absolute Gasteiger partial charge is 0.369 e. The predicted molar refractivity (Wildman–Crippen MR) is 51.5 cm³/mol. The minimum Gasteiger partial charge on any atom is -0.369 e. The summed E-state index contributed by atoms with van der Waals surface area (Å²) < 4.78 is 0. The highest BCUT2D eigenvalue weighted by atomic mass is 16.1. The van der Waals surface area contributed by atoms with Crippen molar-refractivity contribution in [3.63, 3.8) is 0 Å². The van der Waals surface area contributed by atoms with Crippen molar-refractivity contribution in [2.45, 2.75) is 25.7 Å². The molecule has 2 fully saturated rings. The maximum atomic E-state index is 11.9. The van der Waals surface area contributed by atoms with Gasteiger partial charge in [0.15, 0.2) is 0 Å². The Morgan fingerprint density at radius 2 is 2.29 bits per heavy atom. The van der Waals surface area contributed by atoms with E-state index in [1.807, 2.05) is 0 Å². The first-order chi connectivity index (χ1) is 6.64. The molecule has 0 bridgehead atoms. The molecule has 4 nitrogen and oxygen atoms in total. The van der Waals surface area contributed by atoms with Crippen molar-refractivity contribution in [2.75, 3.05) is 13.1 Å². The smallest absolute Gasteiger partial charge is 0.220 e. The Balaban J connectivity index is 2.07. The number of carbonyl (C=O) groups excluding carboxylic acids is 2. The van der Waals surface area contributed by atoms with E-state index in [4.69, 9.17) is 5.73 Å². The second kappa shape index (κ2) is 3.35. The van der Waals surface area contributed by atoms with E-state index in [9.17, 15) is 9.59 Å².